The van der Waals surface area contributed by atoms with Gasteiger partial charge in [-0.2, -0.15) is 0 Å². The van der Waals surface area contributed by atoms with Crippen LogP contribution in [0.4, 0.5) is 0 Å². The summed E-state index contributed by atoms with van der Waals surface area (Å²) in [6, 6.07) is 0. The Balaban J connectivity index is 2.92. The molecule has 0 saturated heterocycles. The van der Waals surface area contributed by atoms with Crippen LogP contribution in [0.5, 0.6) is 0 Å². The van der Waals surface area contributed by atoms with Gasteiger partial charge in [0.1, 0.15) is 0 Å². The molecule has 0 radical (unpaired) electrons. The molecule has 0 aromatic rings. The first-order valence-electron chi connectivity index (χ1n) is 5.48. The van der Waals surface area contributed by atoms with Gasteiger partial charge in [-0.1, -0.05) is 51.2 Å². The normalized spacial score (nSPS) is 22.0. The summed E-state index contributed by atoms with van der Waals surface area (Å²) in [6.07, 6.45) is 12.8. The Labute approximate surface area is 87.4 Å². The summed E-state index contributed by atoms with van der Waals surface area (Å²) >= 11 is 0. The first-order valence-corrected chi connectivity index (χ1v) is 5.48. The van der Waals surface area contributed by atoms with Crippen LogP contribution in [0.15, 0.2) is 36.0 Å². The highest BCUT2D eigenvalue weighted by Crippen LogP contribution is 2.25. The Bertz CT molecular complexity index is 267. The molecule has 0 aromatic heterocycles. The summed E-state index contributed by atoms with van der Waals surface area (Å²) in [4.78, 5) is 0. The first-order chi connectivity index (χ1) is 6.62. The van der Waals surface area contributed by atoms with E-state index in [-0.39, 0.29) is 5.54 Å². The number of hydrogen-bond acceptors (Lipinski definition) is 1. The van der Waals surface area contributed by atoms with Gasteiger partial charge in [0.05, 0.1) is 0 Å². The molecule has 78 valence electrons. The van der Waals surface area contributed by atoms with Crippen LogP contribution in [0, 0.1) is 5.92 Å². The average Bonchev–Trinajstić information content (AvgIpc) is 2.42. The Hall–Kier alpha value is -0.820. The summed E-state index contributed by atoms with van der Waals surface area (Å²) < 4.78 is 0. The molecular formula is C13H21N. The van der Waals surface area contributed by atoms with Gasteiger partial charge in [-0.05, 0) is 24.3 Å². The quantitative estimate of drug-likeness (QED) is 0.728. The van der Waals surface area contributed by atoms with E-state index in [4.69, 9.17) is 5.73 Å². The van der Waals surface area contributed by atoms with Gasteiger partial charge in [-0.3, -0.25) is 0 Å². The summed E-state index contributed by atoms with van der Waals surface area (Å²) in [5.74, 6) is 0.515. The molecule has 0 fully saturated rings. The third-order valence-electron chi connectivity index (χ3n) is 3.11. The van der Waals surface area contributed by atoms with Crippen molar-refractivity contribution < 1.29 is 0 Å². The van der Waals surface area contributed by atoms with Crippen molar-refractivity contribution in [3.63, 3.8) is 0 Å². The molecule has 2 N–H and O–H groups in total. The monoisotopic (exact) mass is 191 g/mol. The van der Waals surface area contributed by atoms with Crippen LogP contribution in [0.2, 0.25) is 0 Å². The van der Waals surface area contributed by atoms with E-state index in [1.165, 1.54) is 5.57 Å². The van der Waals surface area contributed by atoms with Crippen LogP contribution < -0.4 is 5.73 Å². The maximum absolute atomic E-state index is 6.33. The summed E-state index contributed by atoms with van der Waals surface area (Å²) in [5, 5.41) is 0. The standard InChI is InChI=1S/C13H21N/c1-4-13(14,5-2)12-8-6-7-11(3)9-10-12/h6-11H,4-5,14H2,1-3H3. The zero-order chi connectivity index (χ0) is 10.6. The van der Waals surface area contributed by atoms with Gasteiger partial charge in [0.25, 0.3) is 0 Å². The molecule has 0 aliphatic heterocycles. The van der Waals surface area contributed by atoms with Crippen LogP contribution in [-0.2, 0) is 0 Å². The number of rotatable bonds is 3. The lowest BCUT2D eigenvalue weighted by Crippen LogP contribution is -2.39. The fraction of sp³-hybridized carbons (Fsp3) is 0.538. The lowest BCUT2D eigenvalue weighted by Gasteiger charge is -2.28. The summed E-state index contributed by atoms with van der Waals surface area (Å²) in [6.45, 7) is 6.48. The minimum Gasteiger partial charge on any atom is -0.321 e. The van der Waals surface area contributed by atoms with E-state index in [2.05, 4.69) is 51.2 Å². The Morgan fingerprint density at radius 2 is 1.93 bits per heavy atom. The van der Waals surface area contributed by atoms with E-state index in [1.807, 2.05) is 0 Å². The number of hydrogen-bond donors (Lipinski definition) is 1. The van der Waals surface area contributed by atoms with E-state index in [0.29, 0.717) is 5.92 Å². The van der Waals surface area contributed by atoms with Gasteiger partial charge in [0, 0.05) is 5.54 Å². The fourth-order valence-electron chi connectivity index (χ4n) is 1.70. The largest absolute Gasteiger partial charge is 0.321 e. The van der Waals surface area contributed by atoms with E-state index >= 15 is 0 Å². The minimum atomic E-state index is -0.148. The van der Waals surface area contributed by atoms with Crippen molar-refractivity contribution in [3.8, 4) is 0 Å². The predicted octanol–water partition coefficient (Wildman–Crippen LogP) is 3.19. The number of allylic oxidation sites excluding steroid dienone is 4. The van der Waals surface area contributed by atoms with E-state index in [1.54, 1.807) is 0 Å². The van der Waals surface area contributed by atoms with Crippen molar-refractivity contribution >= 4 is 0 Å². The molecular weight excluding hydrogens is 170 g/mol. The second-order valence-corrected chi connectivity index (χ2v) is 4.09. The number of nitrogens with two attached hydrogens (primary N) is 1. The zero-order valence-electron chi connectivity index (χ0n) is 9.46. The molecule has 1 unspecified atom stereocenters. The zero-order valence-corrected chi connectivity index (χ0v) is 9.46. The van der Waals surface area contributed by atoms with Gasteiger partial charge in [-0.25, -0.2) is 0 Å². The van der Waals surface area contributed by atoms with E-state index in [9.17, 15) is 0 Å². The maximum atomic E-state index is 6.33. The topological polar surface area (TPSA) is 26.0 Å². The highest BCUT2D eigenvalue weighted by molar-refractivity contribution is 5.36. The highest BCUT2D eigenvalue weighted by atomic mass is 14.7. The molecule has 1 aliphatic carbocycles. The molecule has 0 spiro atoms. The van der Waals surface area contributed by atoms with E-state index in [0.717, 1.165) is 12.8 Å². The molecule has 0 amide bonds. The second kappa shape index (κ2) is 4.61. The average molecular weight is 191 g/mol. The van der Waals surface area contributed by atoms with Crippen LogP contribution >= 0.6 is 0 Å². The summed E-state index contributed by atoms with van der Waals surface area (Å²) in [5.41, 5.74) is 7.44. The van der Waals surface area contributed by atoms with Crippen molar-refractivity contribution in [2.45, 2.75) is 39.2 Å². The van der Waals surface area contributed by atoms with Gasteiger partial charge in [0.2, 0.25) is 0 Å². The molecule has 0 aromatic carbocycles. The Morgan fingerprint density at radius 3 is 2.50 bits per heavy atom. The molecule has 1 aliphatic rings. The van der Waals surface area contributed by atoms with Crippen LogP contribution in [0.3, 0.4) is 0 Å². The molecule has 14 heavy (non-hydrogen) atoms. The molecule has 0 heterocycles. The fourth-order valence-corrected chi connectivity index (χ4v) is 1.70. The van der Waals surface area contributed by atoms with Crippen molar-refractivity contribution in [1.82, 2.24) is 0 Å². The second-order valence-electron chi connectivity index (χ2n) is 4.09. The lowest BCUT2D eigenvalue weighted by molar-refractivity contribution is 0.474. The van der Waals surface area contributed by atoms with Gasteiger partial charge in [-0.15, -0.1) is 0 Å². The molecule has 1 atom stereocenters. The smallest absolute Gasteiger partial charge is 0.0404 e. The maximum Gasteiger partial charge on any atom is 0.0404 e. The molecule has 1 heteroatoms. The van der Waals surface area contributed by atoms with Crippen molar-refractivity contribution in [1.29, 1.82) is 0 Å². The minimum absolute atomic E-state index is 0.148. The Kier molecular flexibility index (Phi) is 3.70. The lowest BCUT2D eigenvalue weighted by atomic mass is 9.85. The van der Waals surface area contributed by atoms with Gasteiger partial charge >= 0.3 is 0 Å². The Morgan fingerprint density at radius 1 is 1.29 bits per heavy atom. The van der Waals surface area contributed by atoms with E-state index < -0.39 is 0 Å². The predicted molar refractivity (Wildman–Crippen MR) is 63.0 cm³/mol. The molecule has 0 bridgehead atoms. The van der Waals surface area contributed by atoms with Crippen molar-refractivity contribution in [2.75, 3.05) is 0 Å². The summed E-state index contributed by atoms with van der Waals surface area (Å²) in [7, 11) is 0. The van der Waals surface area contributed by atoms with Gasteiger partial charge < -0.3 is 5.73 Å². The van der Waals surface area contributed by atoms with Gasteiger partial charge in [0.15, 0.2) is 0 Å². The molecule has 0 saturated carbocycles. The molecule has 1 nitrogen and oxygen atoms in total. The highest BCUT2D eigenvalue weighted by Gasteiger charge is 2.23. The third kappa shape index (κ3) is 2.36. The van der Waals surface area contributed by atoms with Crippen LogP contribution in [-0.4, -0.2) is 5.54 Å². The third-order valence-corrected chi connectivity index (χ3v) is 3.11. The first kappa shape index (κ1) is 11.3. The molecule has 1 rings (SSSR count). The van der Waals surface area contributed by atoms with Crippen LogP contribution in [0.25, 0.3) is 0 Å². The SMILES string of the molecule is CCC(N)(CC)C1=CC=CC(C)C=C1. The van der Waals surface area contributed by atoms with Crippen molar-refractivity contribution in [3.05, 3.63) is 36.0 Å². The van der Waals surface area contributed by atoms with Crippen LogP contribution in [0.1, 0.15) is 33.6 Å². The van der Waals surface area contributed by atoms with Crippen molar-refractivity contribution in [2.24, 2.45) is 11.7 Å².